The first kappa shape index (κ1) is 26.5. The number of alkyl halides is 3. The highest BCUT2D eigenvalue weighted by molar-refractivity contribution is 6.31. The van der Waals surface area contributed by atoms with Gasteiger partial charge in [-0.3, -0.25) is 9.59 Å². The zero-order valence-corrected chi connectivity index (χ0v) is 21.3. The fourth-order valence-electron chi connectivity index (χ4n) is 4.84. The molecule has 5 aromatic rings. The van der Waals surface area contributed by atoms with Gasteiger partial charge in [0.1, 0.15) is 17.3 Å². The van der Waals surface area contributed by atoms with E-state index in [1.54, 1.807) is 41.2 Å². The Balaban J connectivity index is 1.51. The summed E-state index contributed by atoms with van der Waals surface area (Å²) in [5, 5.41) is 5.41. The van der Waals surface area contributed by atoms with Gasteiger partial charge in [0.25, 0.3) is 11.8 Å². The number of carbonyl (C=O) groups excluding carboxylic acids is 2. The standard InChI is InChI=1S/C29H16ClF5N4O2/c30-22-2-1-18(31)13-20(22)26-25-21(28(41)38-26)9-15(14-3-5-39-6-4-36-24(39)11-14)10-23(25)37-27(40)16-7-17(29(33,34)35)12-19(32)8-16/h1-13,26H,(H,37,40)(H,38,41)/t26-/m0/s1. The van der Waals surface area contributed by atoms with Crippen LogP contribution in [0.25, 0.3) is 16.8 Å². The lowest BCUT2D eigenvalue weighted by atomic mass is 9.92. The van der Waals surface area contributed by atoms with Crippen LogP contribution in [-0.4, -0.2) is 21.2 Å². The number of imidazole rings is 1. The first-order valence-electron chi connectivity index (χ1n) is 12.0. The lowest BCUT2D eigenvalue weighted by Crippen LogP contribution is -2.21. The molecule has 6 nitrogen and oxygen atoms in total. The predicted molar refractivity (Wildman–Crippen MR) is 141 cm³/mol. The van der Waals surface area contributed by atoms with E-state index in [2.05, 4.69) is 15.6 Å². The maximum absolute atomic E-state index is 14.2. The third kappa shape index (κ3) is 4.89. The van der Waals surface area contributed by atoms with E-state index in [-0.39, 0.29) is 33.5 Å². The van der Waals surface area contributed by atoms with Crippen LogP contribution in [0.3, 0.4) is 0 Å². The van der Waals surface area contributed by atoms with Crippen LogP contribution >= 0.6 is 11.6 Å². The second kappa shape index (κ2) is 9.70. The molecule has 1 aliphatic heterocycles. The number of fused-ring (bicyclic) bond motifs is 2. The van der Waals surface area contributed by atoms with Crippen molar-refractivity contribution < 1.29 is 31.5 Å². The largest absolute Gasteiger partial charge is 0.416 e. The normalized spacial score (nSPS) is 14.7. The van der Waals surface area contributed by atoms with Crippen molar-refractivity contribution in [2.75, 3.05) is 5.32 Å². The molecular formula is C29H16ClF5N4O2. The molecular weight excluding hydrogens is 567 g/mol. The highest BCUT2D eigenvalue weighted by Gasteiger charge is 2.36. The molecule has 6 rings (SSSR count). The predicted octanol–water partition coefficient (Wildman–Crippen LogP) is 7.04. The number of rotatable bonds is 4. The van der Waals surface area contributed by atoms with Crippen molar-refractivity contribution in [3.63, 3.8) is 0 Å². The quantitative estimate of drug-likeness (QED) is 0.223. The summed E-state index contributed by atoms with van der Waals surface area (Å²) in [6.07, 6.45) is 0.189. The van der Waals surface area contributed by atoms with Gasteiger partial charge in [-0.1, -0.05) is 11.6 Å². The van der Waals surface area contributed by atoms with E-state index in [1.165, 1.54) is 12.1 Å². The Kier molecular flexibility index (Phi) is 6.26. The van der Waals surface area contributed by atoms with E-state index in [0.29, 0.717) is 28.9 Å². The van der Waals surface area contributed by atoms with Crippen LogP contribution in [0.1, 0.15) is 43.4 Å². The zero-order chi connectivity index (χ0) is 29.1. The molecule has 0 aliphatic carbocycles. The molecule has 2 aromatic heterocycles. The first-order chi connectivity index (χ1) is 19.5. The third-order valence-corrected chi connectivity index (χ3v) is 7.07. The number of amides is 2. The molecule has 1 aliphatic rings. The Morgan fingerprint density at radius 2 is 1.76 bits per heavy atom. The van der Waals surface area contributed by atoms with Gasteiger partial charge in [0.2, 0.25) is 0 Å². The van der Waals surface area contributed by atoms with Crippen molar-refractivity contribution >= 4 is 34.7 Å². The van der Waals surface area contributed by atoms with Crippen LogP contribution in [0.2, 0.25) is 5.02 Å². The molecule has 0 fully saturated rings. The minimum Gasteiger partial charge on any atom is -0.341 e. The highest BCUT2D eigenvalue weighted by atomic mass is 35.5. The number of nitrogens with zero attached hydrogens (tertiary/aromatic N) is 2. The number of pyridine rings is 1. The summed E-state index contributed by atoms with van der Waals surface area (Å²) in [7, 11) is 0. The molecule has 41 heavy (non-hydrogen) atoms. The van der Waals surface area contributed by atoms with E-state index in [4.69, 9.17) is 11.6 Å². The summed E-state index contributed by atoms with van der Waals surface area (Å²) in [5.41, 5.74) is 0.340. The number of aromatic nitrogens is 2. The Bertz CT molecular complexity index is 1890. The van der Waals surface area contributed by atoms with E-state index < -0.39 is 46.8 Å². The Morgan fingerprint density at radius 1 is 0.951 bits per heavy atom. The third-order valence-electron chi connectivity index (χ3n) is 6.72. The number of anilines is 1. The van der Waals surface area contributed by atoms with Crippen LogP contribution in [0, 0.1) is 11.6 Å². The van der Waals surface area contributed by atoms with Crippen molar-refractivity contribution in [2.45, 2.75) is 12.2 Å². The smallest absolute Gasteiger partial charge is 0.341 e. The molecule has 0 unspecified atom stereocenters. The lowest BCUT2D eigenvalue weighted by molar-refractivity contribution is -0.137. The number of nitrogens with one attached hydrogen (secondary N) is 2. The SMILES string of the molecule is O=C(Nc1cc(-c2ccn3ccnc3c2)cc2c1[C@H](c1cc(F)ccc1Cl)NC2=O)c1cc(F)cc(C(F)(F)F)c1. The van der Waals surface area contributed by atoms with Gasteiger partial charge in [0, 0.05) is 51.6 Å². The van der Waals surface area contributed by atoms with E-state index in [1.807, 2.05) is 0 Å². The number of benzene rings is 3. The van der Waals surface area contributed by atoms with Gasteiger partial charge in [-0.05, 0) is 71.8 Å². The van der Waals surface area contributed by atoms with Gasteiger partial charge in [0.15, 0.2) is 0 Å². The summed E-state index contributed by atoms with van der Waals surface area (Å²) < 4.78 is 69.9. The Hall–Kier alpha value is -4.77. The van der Waals surface area contributed by atoms with Crippen LogP contribution in [0.15, 0.2) is 79.3 Å². The molecule has 1 atom stereocenters. The van der Waals surface area contributed by atoms with Crippen molar-refractivity contribution in [3.05, 3.63) is 124 Å². The molecule has 0 radical (unpaired) electrons. The van der Waals surface area contributed by atoms with Gasteiger partial charge in [-0.2, -0.15) is 13.2 Å². The number of hydrogen-bond donors (Lipinski definition) is 2. The average molecular weight is 583 g/mol. The molecule has 206 valence electrons. The minimum absolute atomic E-state index is 0.0345. The van der Waals surface area contributed by atoms with Gasteiger partial charge in [-0.25, -0.2) is 13.8 Å². The summed E-state index contributed by atoms with van der Waals surface area (Å²) in [4.78, 5) is 30.6. The summed E-state index contributed by atoms with van der Waals surface area (Å²) in [5.74, 6) is -3.48. The van der Waals surface area contributed by atoms with Gasteiger partial charge in [0.05, 0.1) is 11.6 Å². The molecule has 2 amide bonds. The van der Waals surface area contributed by atoms with Crippen LogP contribution in [-0.2, 0) is 6.18 Å². The van der Waals surface area contributed by atoms with Crippen LogP contribution in [0.4, 0.5) is 27.6 Å². The highest BCUT2D eigenvalue weighted by Crippen LogP contribution is 2.42. The number of halogens is 6. The van der Waals surface area contributed by atoms with Gasteiger partial charge in [-0.15, -0.1) is 0 Å². The van der Waals surface area contributed by atoms with E-state index in [9.17, 15) is 31.5 Å². The van der Waals surface area contributed by atoms with E-state index >= 15 is 0 Å². The summed E-state index contributed by atoms with van der Waals surface area (Å²) in [6.45, 7) is 0. The Labute approximate surface area is 233 Å². The Morgan fingerprint density at radius 3 is 2.54 bits per heavy atom. The maximum atomic E-state index is 14.2. The van der Waals surface area contributed by atoms with Gasteiger partial charge < -0.3 is 15.0 Å². The fourth-order valence-corrected chi connectivity index (χ4v) is 5.07. The topological polar surface area (TPSA) is 75.5 Å². The molecule has 0 bridgehead atoms. The van der Waals surface area contributed by atoms with E-state index in [0.717, 1.165) is 12.1 Å². The fraction of sp³-hybridized carbons (Fsp3) is 0.0690. The molecule has 0 spiro atoms. The zero-order valence-electron chi connectivity index (χ0n) is 20.6. The summed E-state index contributed by atoms with van der Waals surface area (Å²) >= 11 is 6.33. The lowest BCUT2D eigenvalue weighted by Gasteiger charge is -2.19. The molecule has 0 saturated carbocycles. The second-order valence-corrected chi connectivity index (χ2v) is 9.75. The monoisotopic (exact) mass is 582 g/mol. The van der Waals surface area contributed by atoms with Crippen LogP contribution < -0.4 is 10.6 Å². The number of hydrogen-bond acceptors (Lipinski definition) is 3. The van der Waals surface area contributed by atoms with Crippen molar-refractivity contribution in [2.24, 2.45) is 0 Å². The number of carbonyl (C=O) groups is 2. The second-order valence-electron chi connectivity index (χ2n) is 9.35. The molecule has 3 heterocycles. The van der Waals surface area contributed by atoms with Crippen molar-refractivity contribution in [1.29, 1.82) is 0 Å². The average Bonchev–Trinajstić information content (AvgIpc) is 3.53. The van der Waals surface area contributed by atoms with Crippen molar-refractivity contribution in [3.8, 4) is 11.1 Å². The first-order valence-corrected chi connectivity index (χ1v) is 12.4. The molecule has 12 heteroatoms. The maximum Gasteiger partial charge on any atom is 0.416 e. The molecule has 0 saturated heterocycles. The van der Waals surface area contributed by atoms with Crippen LogP contribution in [0.5, 0.6) is 0 Å². The summed E-state index contributed by atoms with van der Waals surface area (Å²) in [6, 6.07) is 10.7. The molecule has 3 aromatic carbocycles. The van der Waals surface area contributed by atoms with Gasteiger partial charge >= 0.3 is 6.18 Å². The minimum atomic E-state index is -4.89. The molecule has 2 N–H and O–H groups in total. The van der Waals surface area contributed by atoms with Crippen molar-refractivity contribution in [1.82, 2.24) is 14.7 Å².